The van der Waals surface area contributed by atoms with Crippen LogP contribution in [0.2, 0.25) is 0 Å². The highest BCUT2D eigenvalue weighted by Gasteiger charge is 2.28. The number of hydrogen-bond donors (Lipinski definition) is 1. The number of hydrogen-bond acceptors (Lipinski definition) is 2. The van der Waals surface area contributed by atoms with Gasteiger partial charge in [0.1, 0.15) is 6.61 Å². The third-order valence-electron chi connectivity index (χ3n) is 2.85. The molecule has 0 aliphatic heterocycles. The lowest BCUT2D eigenvalue weighted by Crippen LogP contribution is -2.31. The van der Waals surface area contributed by atoms with Gasteiger partial charge < -0.3 is 10.1 Å². The molecule has 0 bridgehead atoms. The van der Waals surface area contributed by atoms with E-state index in [1.54, 1.807) is 0 Å². The highest BCUT2D eigenvalue weighted by molar-refractivity contribution is 4.83. The van der Waals surface area contributed by atoms with Gasteiger partial charge in [-0.1, -0.05) is 13.8 Å². The average molecular weight is 253 g/mol. The highest BCUT2D eigenvalue weighted by Crippen LogP contribution is 2.25. The van der Waals surface area contributed by atoms with Crippen molar-refractivity contribution in [3.63, 3.8) is 0 Å². The molecule has 1 N–H and O–H groups in total. The summed E-state index contributed by atoms with van der Waals surface area (Å²) in [6, 6.07) is 0.677. The van der Waals surface area contributed by atoms with Gasteiger partial charge in [0.2, 0.25) is 0 Å². The fourth-order valence-electron chi connectivity index (χ4n) is 1.64. The molecule has 0 aromatic rings. The van der Waals surface area contributed by atoms with Crippen molar-refractivity contribution in [1.29, 1.82) is 0 Å². The summed E-state index contributed by atoms with van der Waals surface area (Å²) >= 11 is 0. The van der Waals surface area contributed by atoms with Gasteiger partial charge in [0, 0.05) is 19.2 Å². The quantitative estimate of drug-likeness (QED) is 0.671. The van der Waals surface area contributed by atoms with Gasteiger partial charge >= 0.3 is 6.18 Å². The summed E-state index contributed by atoms with van der Waals surface area (Å²) < 4.78 is 40.0. The van der Waals surface area contributed by atoms with E-state index in [1.165, 1.54) is 12.8 Å². The fourth-order valence-corrected chi connectivity index (χ4v) is 1.64. The van der Waals surface area contributed by atoms with Crippen molar-refractivity contribution in [2.75, 3.05) is 19.8 Å². The average Bonchev–Trinajstić information content (AvgIpc) is 2.95. The van der Waals surface area contributed by atoms with E-state index < -0.39 is 12.8 Å². The van der Waals surface area contributed by atoms with Crippen LogP contribution in [0.4, 0.5) is 13.2 Å². The molecule has 0 heterocycles. The van der Waals surface area contributed by atoms with Gasteiger partial charge in [-0.3, -0.25) is 0 Å². The largest absolute Gasteiger partial charge is 0.411 e. The van der Waals surface area contributed by atoms with Gasteiger partial charge in [-0.25, -0.2) is 0 Å². The standard InChI is InChI=1S/C12H22F3NO/c1-11(2,8-16-10-4-5-10)6-3-7-17-9-12(13,14)15/h10,16H,3-9H2,1-2H3. The first-order valence-corrected chi connectivity index (χ1v) is 6.16. The molecule has 5 heteroatoms. The van der Waals surface area contributed by atoms with Crippen LogP contribution in [0.5, 0.6) is 0 Å². The Balaban J connectivity index is 1.99. The van der Waals surface area contributed by atoms with E-state index in [1.807, 2.05) is 0 Å². The van der Waals surface area contributed by atoms with Crippen LogP contribution in [-0.2, 0) is 4.74 Å². The molecule has 102 valence electrons. The lowest BCUT2D eigenvalue weighted by molar-refractivity contribution is -0.174. The molecular weight excluding hydrogens is 231 g/mol. The number of ether oxygens (including phenoxy) is 1. The van der Waals surface area contributed by atoms with E-state index in [0.717, 1.165) is 13.0 Å². The van der Waals surface area contributed by atoms with Crippen LogP contribution in [-0.4, -0.2) is 32.0 Å². The number of halogens is 3. The van der Waals surface area contributed by atoms with Crippen molar-refractivity contribution in [2.24, 2.45) is 5.41 Å². The molecule has 2 nitrogen and oxygen atoms in total. The minimum atomic E-state index is -4.21. The Bertz CT molecular complexity index is 224. The van der Waals surface area contributed by atoms with Gasteiger partial charge in [-0.05, 0) is 31.1 Å². The Morgan fingerprint density at radius 2 is 1.88 bits per heavy atom. The third kappa shape index (κ3) is 8.44. The van der Waals surface area contributed by atoms with Crippen molar-refractivity contribution >= 4 is 0 Å². The molecule has 0 unspecified atom stereocenters. The summed E-state index contributed by atoms with van der Waals surface area (Å²) in [5.41, 5.74) is 0.129. The Labute approximate surface area is 101 Å². The van der Waals surface area contributed by atoms with E-state index in [0.29, 0.717) is 12.5 Å². The van der Waals surface area contributed by atoms with Crippen LogP contribution in [0.15, 0.2) is 0 Å². The first-order valence-electron chi connectivity index (χ1n) is 6.16. The maximum Gasteiger partial charge on any atom is 0.411 e. The molecule has 1 aliphatic rings. The summed E-state index contributed by atoms with van der Waals surface area (Å²) in [4.78, 5) is 0. The molecule has 1 rings (SSSR count). The molecule has 17 heavy (non-hydrogen) atoms. The molecule has 1 fully saturated rings. The van der Waals surface area contributed by atoms with Gasteiger partial charge in [0.15, 0.2) is 0 Å². The first-order chi connectivity index (χ1) is 7.79. The SMILES string of the molecule is CC(C)(CCCOCC(F)(F)F)CNC1CC1. The van der Waals surface area contributed by atoms with E-state index in [9.17, 15) is 13.2 Å². The second-order valence-corrected chi connectivity index (χ2v) is 5.59. The molecule has 1 saturated carbocycles. The van der Waals surface area contributed by atoms with E-state index in [2.05, 4.69) is 23.9 Å². The second-order valence-electron chi connectivity index (χ2n) is 5.59. The fraction of sp³-hybridized carbons (Fsp3) is 1.00. The van der Waals surface area contributed by atoms with Crippen LogP contribution in [0, 0.1) is 5.41 Å². The highest BCUT2D eigenvalue weighted by atomic mass is 19.4. The molecule has 0 saturated heterocycles. The summed E-state index contributed by atoms with van der Waals surface area (Å²) in [5, 5.41) is 3.44. The monoisotopic (exact) mass is 253 g/mol. The molecule has 0 atom stereocenters. The van der Waals surface area contributed by atoms with Crippen LogP contribution in [0.25, 0.3) is 0 Å². The van der Waals surface area contributed by atoms with E-state index in [4.69, 9.17) is 0 Å². The molecule has 1 aliphatic carbocycles. The molecule has 0 aromatic heterocycles. The Hall–Kier alpha value is -0.290. The summed E-state index contributed by atoms with van der Waals surface area (Å²) in [7, 11) is 0. The summed E-state index contributed by atoms with van der Waals surface area (Å²) in [6.45, 7) is 4.25. The van der Waals surface area contributed by atoms with Crippen molar-refractivity contribution in [1.82, 2.24) is 5.32 Å². The topological polar surface area (TPSA) is 21.3 Å². The minimum Gasteiger partial charge on any atom is -0.372 e. The van der Waals surface area contributed by atoms with Crippen molar-refractivity contribution in [3.8, 4) is 0 Å². The zero-order chi connectivity index (χ0) is 12.9. The maximum absolute atomic E-state index is 11.8. The maximum atomic E-state index is 11.8. The van der Waals surface area contributed by atoms with Crippen LogP contribution in [0.3, 0.4) is 0 Å². The van der Waals surface area contributed by atoms with E-state index in [-0.39, 0.29) is 12.0 Å². The predicted octanol–water partition coefficient (Wildman–Crippen LogP) is 3.12. The molecule has 0 aromatic carbocycles. The predicted molar refractivity (Wildman–Crippen MR) is 60.9 cm³/mol. The number of alkyl halides is 3. The minimum absolute atomic E-state index is 0.129. The van der Waals surface area contributed by atoms with E-state index >= 15 is 0 Å². The zero-order valence-corrected chi connectivity index (χ0v) is 10.6. The smallest absolute Gasteiger partial charge is 0.372 e. The Morgan fingerprint density at radius 3 is 2.41 bits per heavy atom. The number of rotatable bonds is 8. The molecule has 0 amide bonds. The van der Waals surface area contributed by atoms with Gasteiger partial charge in [0.25, 0.3) is 0 Å². The van der Waals surface area contributed by atoms with Crippen LogP contribution < -0.4 is 5.32 Å². The first kappa shape index (κ1) is 14.8. The van der Waals surface area contributed by atoms with Crippen LogP contribution in [0.1, 0.15) is 39.5 Å². The zero-order valence-electron chi connectivity index (χ0n) is 10.6. The van der Waals surface area contributed by atoms with Gasteiger partial charge in [-0.15, -0.1) is 0 Å². The number of nitrogens with one attached hydrogen (secondary N) is 1. The molecular formula is C12H22F3NO. The molecule has 0 radical (unpaired) electrons. The summed E-state index contributed by atoms with van der Waals surface area (Å²) in [6.07, 6.45) is -0.140. The van der Waals surface area contributed by atoms with Crippen molar-refractivity contribution < 1.29 is 17.9 Å². The van der Waals surface area contributed by atoms with Crippen molar-refractivity contribution in [3.05, 3.63) is 0 Å². The third-order valence-corrected chi connectivity index (χ3v) is 2.85. The second kappa shape index (κ2) is 6.05. The molecule has 0 spiro atoms. The summed E-state index contributed by atoms with van der Waals surface area (Å²) in [5.74, 6) is 0. The Morgan fingerprint density at radius 1 is 1.24 bits per heavy atom. The Kier molecular flexibility index (Phi) is 5.25. The van der Waals surface area contributed by atoms with Crippen molar-refractivity contribution in [2.45, 2.75) is 51.7 Å². The lowest BCUT2D eigenvalue weighted by atomic mass is 9.88. The van der Waals surface area contributed by atoms with Gasteiger partial charge in [-0.2, -0.15) is 13.2 Å². The lowest BCUT2D eigenvalue weighted by Gasteiger charge is -2.25. The normalized spacial score (nSPS) is 17.5. The van der Waals surface area contributed by atoms with Crippen LogP contribution >= 0.6 is 0 Å². The van der Waals surface area contributed by atoms with Gasteiger partial charge in [0.05, 0.1) is 0 Å².